The fraction of sp³-hybridized carbons (Fsp3) is 0.833. The Kier molecular flexibility index (Phi) is 8.55. The smallest absolute Gasteiger partial charge is 0.224 e. The maximum atomic E-state index is 11.7. The topological polar surface area (TPSA) is 78.9 Å². The van der Waals surface area contributed by atoms with E-state index in [4.69, 9.17) is 11.0 Å². The first-order chi connectivity index (χ1) is 7.61. The molecule has 0 aromatic heterocycles. The number of nitriles is 1. The zero-order valence-corrected chi connectivity index (χ0v) is 10.3. The van der Waals surface area contributed by atoms with Gasteiger partial charge in [0.2, 0.25) is 5.91 Å². The number of carbonyl (C=O) groups excluding carboxylic acids is 1. The largest absolute Gasteiger partial charge is 0.356 e. The van der Waals surface area contributed by atoms with Gasteiger partial charge in [0.05, 0.1) is 12.0 Å². The van der Waals surface area contributed by atoms with Crippen molar-refractivity contribution in [2.75, 3.05) is 13.1 Å². The fourth-order valence-electron chi connectivity index (χ4n) is 1.56. The first-order valence-corrected chi connectivity index (χ1v) is 5.96. The molecule has 0 aromatic rings. The third-order valence-electron chi connectivity index (χ3n) is 2.43. The molecule has 0 spiro atoms. The van der Waals surface area contributed by atoms with Gasteiger partial charge in [0.15, 0.2) is 0 Å². The van der Waals surface area contributed by atoms with E-state index < -0.39 is 0 Å². The second-order valence-corrected chi connectivity index (χ2v) is 4.47. The molecule has 92 valence electrons. The Balaban J connectivity index is 3.72. The number of unbranched alkanes of at least 4 members (excludes halogenated alkanes) is 2. The lowest BCUT2D eigenvalue weighted by Crippen LogP contribution is -2.36. The van der Waals surface area contributed by atoms with Crippen molar-refractivity contribution in [2.45, 2.75) is 39.5 Å². The van der Waals surface area contributed by atoms with Crippen LogP contribution in [0.15, 0.2) is 0 Å². The van der Waals surface area contributed by atoms with Crippen molar-refractivity contribution in [3.05, 3.63) is 0 Å². The number of hydrogen-bond acceptors (Lipinski definition) is 3. The Morgan fingerprint density at radius 3 is 2.62 bits per heavy atom. The highest BCUT2D eigenvalue weighted by Gasteiger charge is 2.17. The molecule has 1 unspecified atom stereocenters. The Morgan fingerprint density at radius 1 is 1.44 bits per heavy atom. The molecule has 1 amide bonds. The predicted octanol–water partition coefficient (Wildman–Crippen LogP) is 1.42. The Labute approximate surface area is 98.2 Å². The van der Waals surface area contributed by atoms with E-state index in [9.17, 15) is 4.79 Å². The summed E-state index contributed by atoms with van der Waals surface area (Å²) in [6.45, 7) is 5.23. The summed E-state index contributed by atoms with van der Waals surface area (Å²) in [6.07, 6.45) is 3.09. The van der Waals surface area contributed by atoms with E-state index in [1.54, 1.807) is 0 Å². The van der Waals surface area contributed by atoms with Gasteiger partial charge in [-0.05, 0) is 25.2 Å². The van der Waals surface area contributed by atoms with E-state index in [-0.39, 0.29) is 11.8 Å². The van der Waals surface area contributed by atoms with Gasteiger partial charge in [-0.25, -0.2) is 0 Å². The number of amides is 1. The van der Waals surface area contributed by atoms with Gasteiger partial charge in [-0.1, -0.05) is 13.8 Å². The van der Waals surface area contributed by atoms with Crippen LogP contribution in [0.2, 0.25) is 0 Å². The van der Waals surface area contributed by atoms with Crippen LogP contribution in [0.4, 0.5) is 0 Å². The van der Waals surface area contributed by atoms with Crippen LogP contribution in [-0.2, 0) is 4.79 Å². The van der Waals surface area contributed by atoms with Crippen molar-refractivity contribution in [3.8, 4) is 6.07 Å². The zero-order chi connectivity index (χ0) is 12.4. The van der Waals surface area contributed by atoms with Gasteiger partial charge in [-0.15, -0.1) is 0 Å². The summed E-state index contributed by atoms with van der Waals surface area (Å²) < 4.78 is 0. The van der Waals surface area contributed by atoms with E-state index in [0.717, 1.165) is 19.3 Å². The molecule has 0 radical (unpaired) electrons. The molecule has 4 nitrogen and oxygen atoms in total. The van der Waals surface area contributed by atoms with Crippen LogP contribution in [0.1, 0.15) is 39.5 Å². The maximum absolute atomic E-state index is 11.7. The van der Waals surface area contributed by atoms with Crippen molar-refractivity contribution >= 4 is 5.91 Å². The standard InChI is InChI=1S/C12H23N3O/c1-10(2)8-11(9-14)12(16)15-7-5-3-4-6-13/h10-11H,3-5,7-9,14H2,1-2H3,(H,15,16). The Bertz CT molecular complexity index is 233. The summed E-state index contributed by atoms with van der Waals surface area (Å²) in [5, 5.41) is 11.2. The van der Waals surface area contributed by atoms with Gasteiger partial charge in [0, 0.05) is 19.5 Å². The highest BCUT2D eigenvalue weighted by molar-refractivity contribution is 5.78. The summed E-state index contributed by atoms with van der Waals surface area (Å²) in [5.41, 5.74) is 5.57. The average molecular weight is 225 g/mol. The van der Waals surface area contributed by atoms with Crippen LogP contribution >= 0.6 is 0 Å². The lowest BCUT2D eigenvalue weighted by atomic mass is 9.96. The number of nitrogens with zero attached hydrogens (tertiary/aromatic N) is 1. The lowest BCUT2D eigenvalue weighted by molar-refractivity contribution is -0.125. The van der Waals surface area contributed by atoms with E-state index in [1.807, 2.05) is 0 Å². The van der Waals surface area contributed by atoms with Crippen LogP contribution in [0.25, 0.3) is 0 Å². The van der Waals surface area contributed by atoms with Crippen LogP contribution in [-0.4, -0.2) is 19.0 Å². The normalized spacial score (nSPS) is 12.2. The third kappa shape index (κ3) is 7.24. The SMILES string of the molecule is CC(C)CC(CN)C(=O)NCCCCC#N. The highest BCUT2D eigenvalue weighted by atomic mass is 16.1. The lowest BCUT2D eigenvalue weighted by Gasteiger charge is -2.16. The maximum Gasteiger partial charge on any atom is 0.224 e. The number of hydrogen-bond donors (Lipinski definition) is 2. The number of nitrogens with two attached hydrogens (primary N) is 1. The van der Waals surface area contributed by atoms with Crippen LogP contribution in [0.5, 0.6) is 0 Å². The summed E-state index contributed by atoms with van der Waals surface area (Å²) in [5.74, 6) is 0.460. The van der Waals surface area contributed by atoms with Crippen molar-refractivity contribution in [2.24, 2.45) is 17.6 Å². The third-order valence-corrected chi connectivity index (χ3v) is 2.43. The summed E-state index contributed by atoms with van der Waals surface area (Å²) in [4.78, 5) is 11.7. The van der Waals surface area contributed by atoms with Gasteiger partial charge in [0.25, 0.3) is 0 Å². The molecule has 1 atom stereocenters. The van der Waals surface area contributed by atoms with Crippen LogP contribution < -0.4 is 11.1 Å². The molecule has 0 aliphatic heterocycles. The zero-order valence-electron chi connectivity index (χ0n) is 10.3. The van der Waals surface area contributed by atoms with E-state index in [0.29, 0.717) is 25.4 Å². The number of nitrogens with one attached hydrogen (secondary N) is 1. The molecule has 0 saturated carbocycles. The van der Waals surface area contributed by atoms with Gasteiger partial charge >= 0.3 is 0 Å². The molecule has 0 aliphatic carbocycles. The molecule has 0 saturated heterocycles. The minimum absolute atomic E-state index is 0.0492. The molecule has 3 N–H and O–H groups in total. The van der Waals surface area contributed by atoms with Crippen LogP contribution in [0, 0.1) is 23.2 Å². The number of rotatable bonds is 8. The molecular weight excluding hydrogens is 202 g/mol. The van der Waals surface area contributed by atoms with E-state index in [2.05, 4.69) is 25.2 Å². The molecule has 0 fully saturated rings. The second-order valence-electron chi connectivity index (χ2n) is 4.47. The van der Waals surface area contributed by atoms with Crippen molar-refractivity contribution in [1.29, 1.82) is 5.26 Å². The first kappa shape index (κ1) is 14.9. The van der Waals surface area contributed by atoms with Gasteiger partial charge in [0.1, 0.15) is 0 Å². The van der Waals surface area contributed by atoms with E-state index in [1.165, 1.54) is 0 Å². The van der Waals surface area contributed by atoms with Crippen molar-refractivity contribution < 1.29 is 4.79 Å². The fourth-order valence-corrected chi connectivity index (χ4v) is 1.56. The van der Waals surface area contributed by atoms with E-state index >= 15 is 0 Å². The van der Waals surface area contributed by atoms with Gasteiger partial charge < -0.3 is 11.1 Å². The molecule has 0 rings (SSSR count). The molecular formula is C12H23N3O. The molecule has 0 heterocycles. The molecule has 0 aliphatic rings. The minimum atomic E-state index is -0.0732. The van der Waals surface area contributed by atoms with Gasteiger partial charge in [-0.3, -0.25) is 4.79 Å². The van der Waals surface area contributed by atoms with Crippen molar-refractivity contribution in [1.82, 2.24) is 5.32 Å². The van der Waals surface area contributed by atoms with Crippen LogP contribution in [0.3, 0.4) is 0 Å². The first-order valence-electron chi connectivity index (χ1n) is 5.96. The quantitative estimate of drug-likeness (QED) is 0.613. The minimum Gasteiger partial charge on any atom is -0.356 e. The molecule has 4 heteroatoms. The highest BCUT2D eigenvalue weighted by Crippen LogP contribution is 2.10. The predicted molar refractivity (Wildman–Crippen MR) is 64.5 cm³/mol. The van der Waals surface area contributed by atoms with Gasteiger partial charge in [-0.2, -0.15) is 5.26 Å². The Morgan fingerprint density at radius 2 is 2.12 bits per heavy atom. The molecule has 0 bridgehead atoms. The molecule has 0 aromatic carbocycles. The summed E-state index contributed by atoms with van der Waals surface area (Å²) in [6, 6.07) is 2.08. The average Bonchev–Trinajstić information content (AvgIpc) is 2.25. The molecule has 16 heavy (non-hydrogen) atoms. The van der Waals surface area contributed by atoms with Crippen molar-refractivity contribution in [3.63, 3.8) is 0 Å². The summed E-state index contributed by atoms with van der Waals surface area (Å²) >= 11 is 0. The number of carbonyl (C=O) groups is 1. The second kappa shape index (κ2) is 9.17. The Hall–Kier alpha value is -1.08. The monoisotopic (exact) mass is 225 g/mol. The summed E-state index contributed by atoms with van der Waals surface area (Å²) in [7, 11) is 0.